The Morgan fingerprint density at radius 3 is 2.50 bits per heavy atom. The minimum Gasteiger partial charge on any atom is -0.325 e. The average Bonchev–Trinajstić information content (AvgIpc) is 2.31. The van der Waals surface area contributed by atoms with E-state index in [2.05, 4.69) is 12.2 Å². The molecule has 0 bridgehead atoms. The lowest BCUT2D eigenvalue weighted by atomic mass is 10.3. The van der Waals surface area contributed by atoms with Crippen molar-refractivity contribution < 1.29 is 4.79 Å². The third-order valence-corrected chi connectivity index (χ3v) is 2.48. The van der Waals surface area contributed by atoms with Crippen molar-refractivity contribution in [3.8, 4) is 0 Å². The number of urea groups is 1. The van der Waals surface area contributed by atoms with Gasteiger partial charge in [0.05, 0.1) is 0 Å². The van der Waals surface area contributed by atoms with Crippen molar-refractivity contribution in [2.45, 2.75) is 26.7 Å². The number of carbonyl (C=O) groups excluding carboxylic acids is 1. The molecule has 2 amide bonds. The molecule has 1 aromatic rings. The first-order chi connectivity index (χ1) is 7.77. The first kappa shape index (κ1) is 12.6. The Morgan fingerprint density at radius 2 is 1.94 bits per heavy atom. The smallest absolute Gasteiger partial charge is 0.321 e. The Bertz CT molecular complexity index is 311. The lowest BCUT2D eigenvalue weighted by Gasteiger charge is -2.21. The molecule has 0 aliphatic rings. The molecule has 88 valence electrons. The molecule has 0 heterocycles. The summed E-state index contributed by atoms with van der Waals surface area (Å²) in [5, 5.41) is 2.89. The zero-order chi connectivity index (χ0) is 11.8. The number of anilines is 1. The molecular weight excluding hydrogens is 200 g/mol. The van der Waals surface area contributed by atoms with Gasteiger partial charge in [-0.2, -0.15) is 0 Å². The number of benzene rings is 1. The fourth-order valence-electron chi connectivity index (χ4n) is 1.48. The molecule has 16 heavy (non-hydrogen) atoms. The fraction of sp³-hybridized carbons (Fsp3) is 0.462. The number of amides is 2. The number of nitrogens with one attached hydrogen (secondary N) is 1. The average molecular weight is 220 g/mol. The van der Waals surface area contributed by atoms with E-state index < -0.39 is 0 Å². The van der Waals surface area contributed by atoms with Gasteiger partial charge in [0.15, 0.2) is 0 Å². The van der Waals surface area contributed by atoms with Gasteiger partial charge in [0, 0.05) is 18.8 Å². The van der Waals surface area contributed by atoms with E-state index in [4.69, 9.17) is 0 Å². The second kappa shape index (κ2) is 6.88. The van der Waals surface area contributed by atoms with E-state index >= 15 is 0 Å². The summed E-state index contributed by atoms with van der Waals surface area (Å²) in [6, 6.07) is 9.54. The van der Waals surface area contributed by atoms with Crippen LogP contribution in [0, 0.1) is 0 Å². The van der Waals surface area contributed by atoms with Gasteiger partial charge in [-0.1, -0.05) is 31.5 Å². The molecule has 0 fully saturated rings. The molecule has 0 aliphatic carbocycles. The van der Waals surface area contributed by atoms with Gasteiger partial charge < -0.3 is 10.2 Å². The summed E-state index contributed by atoms with van der Waals surface area (Å²) in [5.74, 6) is 0. The van der Waals surface area contributed by atoms with Crippen LogP contribution in [-0.4, -0.2) is 24.0 Å². The normalized spacial score (nSPS) is 9.88. The fourth-order valence-corrected chi connectivity index (χ4v) is 1.48. The summed E-state index contributed by atoms with van der Waals surface area (Å²) < 4.78 is 0. The van der Waals surface area contributed by atoms with Gasteiger partial charge in [0.2, 0.25) is 0 Å². The van der Waals surface area contributed by atoms with Crippen LogP contribution in [-0.2, 0) is 0 Å². The first-order valence-corrected chi connectivity index (χ1v) is 5.89. The van der Waals surface area contributed by atoms with Crippen molar-refractivity contribution in [2.75, 3.05) is 18.4 Å². The molecule has 3 heteroatoms. The topological polar surface area (TPSA) is 32.3 Å². The lowest BCUT2D eigenvalue weighted by Crippen LogP contribution is -2.35. The van der Waals surface area contributed by atoms with E-state index in [-0.39, 0.29) is 6.03 Å². The molecular formula is C13H20N2O. The standard InChI is InChI=1S/C13H20N2O/c1-3-5-11-15(4-2)13(16)14-12-9-7-6-8-10-12/h6-10H,3-5,11H2,1-2H3,(H,14,16). The van der Waals surface area contributed by atoms with Gasteiger partial charge in [-0.3, -0.25) is 0 Å². The monoisotopic (exact) mass is 220 g/mol. The van der Waals surface area contributed by atoms with E-state index in [1.165, 1.54) is 0 Å². The summed E-state index contributed by atoms with van der Waals surface area (Å²) >= 11 is 0. The van der Waals surface area contributed by atoms with Crippen molar-refractivity contribution in [3.05, 3.63) is 30.3 Å². The Kier molecular flexibility index (Phi) is 5.40. The van der Waals surface area contributed by atoms with Crippen LogP contribution in [0.4, 0.5) is 10.5 Å². The number of carbonyl (C=O) groups is 1. The summed E-state index contributed by atoms with van der Waals surface area (Å²) in [6.45, 7) is 5.70. The number of hydrogen-bond donors (Lipinski definition) is 1. The molecule has 1 rings (SSSR count). The van der Waals surface area contributed by atoms with Gasteiger partial charge in [-0.25, -0.2) is 4.79 Å². The largest absolute Gasteiger partial charge is 0.325 e. The molecule has 1 aromatic carbocycles. The van der Waals surface area contributed by atoms with Crippen molar-refractivity contribution in [3.63, 3.8) is 0 Å². The van der Waals surface area contributed by atoms with Crippen LogP contribution in [0.2, 0.25) is 0 Å². The van der Waals surface area contributed by atoms with Crippen LogP contribution in [0.5, 0.6) is 0 Å². The third kappa shape index (κ3) is 3.93. The van der Waals surface area contributed by atoms with Crippen molar-refractivity contribution in [1.29, 1.82) is 0 Å². The highest BCUT2D eigenvalue weighted by molar-refractivity contribution is 5.89. The predicted octanol–water partition coefficient (Wildman–Crippen LogP) is 3.34. The van der Waals surface area contributed by atoms with E-state index in [0.717, 1.165) is 31.6 Å². The second-order valence-electron chi connectivity index (χ2n) is 3.73. The minimum absolute atomic E-state index is 0.0119. The number of unbranched alkanes of at least 4 members (excludes halogenated alkanes) is 1. The van der Waals surface area contributed by atoms with Crippen LogP contribution in [0.15, 0.2) is 30.3 Å². The zero-order valence-corrected chi connectivity index (χ0v) is 10.1. The molecule has 3 nitrogen and oxygen atoms in total. The number of para-hydroxylation sites is 1. The second-order valence-corrected chi connectivity index (χ2v) is 3.73. The maximum absolute atomic E-state index is 11.9. The van der Waals surface area contributed by atoms with Crippen LogP contribution in [0.1, 0.15) is 26.7 Å². The molecule has 0 saturated heterocycles. The van der Waals surface area contributed by atoms with E-state index in [1.807, 2.05) is 42.2 Å². The molecule has 0 unspecified atom stereocenters. The van der Waals surface area contributed by atoms with Gasteiger partial charge >= 0.3 is 6.03 Å². The van der Waals surface area contributed by atoms with Gasteiger partial charge in [0.25, 0.3) is 0 Å². The number of hydrogen-bond acceptors (Lipinski definition) is 1. The molecule has 0 radical (unpaired) electrons. The Labute approximate surface area is 97.5 Å². The van der Waals surface area contributed by atoms with E-state index in [1.54, 1.807) is 0 Å². The summed E-state index contributed by atoms with van der Waals surface area (Å²) in [7, 11) is 0. The minimum atomic E-state index is -0.0119. The van der Waals surface area contributed by atoms with Crippen molar-refractivity contribution >= 4 is 11.7 Å². The molecule has 0 atom stereocenters. The highest BCUT2D eigenvalue weighted by Crippen LogP contribution is 2.07. The Hall–Kier alpha value is -1.51. The van der Waals surface area contributed by atoms with E-state index in [0.29, 0.717) is 0 Å². The summed E-state index contributed by atoms with van der Waals surface area (Å²) in [5.41, 5.74) is 0.849. The first-order valence-electron chi connectivity index (χ1n) is 5.89. The Balaban J connectivity index is 2.49. The predicted molar refractivity (Wildman–Crippen MR) is 67.6 cm³/mol. The number of rotatable bonds is 5. The summed E-state index contributed by atoms with van der Waals surface area (Å²) in [6.07, 6.45) is 2.16. The molecule has 1 N–H and O–H groups in total. The van der Waals surface area contributed by atoms with Crippen LogP contribution in [0.25, 0.3) is 0 Å². The van der Waals surface area contributed by atoms with Crippen molar-refractivity contribution in [2.24, 2.45) is 0 Å². The third-order valence-electron chi connectivity index (χ3n) is 2.48. The molecule has 0 aliphatic heterocycles. The molecule has 0 aromatic heterocycles. The number of nitrogens with zero attached hydrogens (tertiary/aromatic N) is 1. The maximum atomic E-state index is 11.9. The quantitative estimate of drug-likeness (QED) is 0.811. The maximum Gasteiger partial charge on any atom is 0.321 e. The highest BCUT2D eigenvalue weighted by atomic mass is 16.2. The van der Waals surface area contributed by atoms with Gasteiger partial charge in [0.1, 0.15) is 0 Å². The zero-order valence-electron chi connectivity index (χ0n) is 10.1. The molecule has 0 spiro atoms. The van der Waals surface area contributed by atoms with E-state index in [9.17, 15) is 4.79 Å². The Morgan fingerprint density at radius 1 is 1.25 bits per heavy atom. The van der Waals surface area contributed by atoms with Gasteiger partial charge in [-0.15, -0.1) is 0 Å². The lowest BCUT2D eigenvalue weighted by molar-refractivity contribution is 0.213. The molecule has 0 saturated carbocycles. The van der Waals surface area contributed by atoms with Crippen LogP contribution >= 0.6 is 0 Å². The van der Waals surface area contributed by atoms with Crippen molar-refractivity contribution in [1.82, 2.24) is 4.90 Å². The van der Waals surface area contributed by atoms with Crippen LogP contribution < -0.4 is 5.32 Å². The van der Waals surface area contributed by atoms with Gasteiger partial charge in [-0.05, 0) is 25.5 Å². The highest BCUT2D eigenvalue weighted by Gasteiger charge is 2.10. The SMILES string of the molecule is CCCCN(CC)C(=O)Nc1ccccc1. The van der Waals surface area contributed by atoms with Crippen LogP contribution in [0.3, 0.4) is 0 Å². The summed E-state index contributed by atoms with van der Waals surface area (Å²) in [4.78, 5) is 13.7.